The molecule has 0 aliphatic carbocycles. The molecule has 0 aliphatic heterocycles. The van der Waals surface area contributed by atoms with E-state index in [1.165, 1.54) is 6.07 Å². The Morgan fingerprint density at radius 1 is 1.43 bits per heavy atom. The average molecular weight is 194 g/mol. The Balaban J connectivity index is 2.59. The van der Waals surface area contributed by atoms with Crippen LogP contribution in [0.1, 0.15) is 13.3 Å². The summed E-state index contributed by atoms with van der Waals surface area (Å²) in [5.41, 5.74) is 1.02. The Labute approximate surface area is 83.3 Å². The van der Waals surface area contributed by atoms with Crippen LogP contribution in [-0.4, -0.2) is 16.8 Å². The molecule has 0 heterocycles. The molecule has 3 heteroatoms. The molecule has 14 heavy (non-hydrogen) atoms. The molecule has 0 radical (unpaired) electrons. The molecule has 0 atom stereocenters. The summed E-state index contributed by atoms with van der Waals surface area (Å²) in [5.74, 6) is -0.0849. The van der Waals surface area contributed by atoms with E-state index in [1.54, 1.807) is 12.1 Å². The number of ether oxygens (including phenoxy) is 1. The maximum atomic E-state index is 9.37. The average Bonchev–Trinajstić information content (AvgIpc) is 2.12. The van der Waals surface area contributed by atoms with Gasteiger partial charge in [-0.1, -0.05) is 11.6 Å². The van der Waals surface area contributed by atoms with E-state index in [-0.39, 0.29) is 11.5 Å². The van der Waals surface area contributed by atoms with E-state index >= 15 is 0 Å². The summed E-state index contributed by atoms with van der Waals surface area (Å²) in [4.78, 5) is 0. The minimum atomic E-state index is -0.214. The van der Waals surface area contributed by atoms with Gasteiger partial charge >= 0.3 is 0 Å². The van der Waals surface area contributed by atoms with E-state index in [0.717, 1.165) is 12.0 Å². The van der Waals surface area contributed by atoms with E-state index in [4.69, 9.17) is 9.84 Å². The van der Waals surface area contributed by atoms with Crippen LogP contribution < -0.4 is 4.74 Å². The van der Waals surface area contributed by atoms with Crippen LogP contribution in [0.5, 0.6) is 17.2 Å². The number of para-hydroxylation sites is 1. The fraction of sp³-hybridized carbons (Fsp3) is 0.273. The van der Waals surface area contributed by atoms with Crippen molar-refractivity contribution in [3.63, 3.8) is 0 Å². The van der Waals surface area contributed by atoms with Crippen molar-refractivity contribution in [2.45, 2.75) is 13.3 Å². The van der Waals surface area contributed by atoms with E-state index in [0.29, 0.717) is 12.4 Å². The molecule has 0 unspecified atom stereocenters. The second-order valence-corrected chi connectivity index (χ2v) is 3.18. The van der Waals surface area contributed by atoms with E-state index < -0.39 is 0 Å². The second-order valence-electron chi connectivity index (χ2n) is 3.18. The van der Waals surface area contributed by atoms with Crippen LogP contribution >= 0.6 is 0 Å². The molecule has 0 aliphatic rings. The zero-order valence-electron chi connectivity index (χ0n) is 8.16. The van der Waals surface area contributed by atoms with Crippen molar-refractivity contribution >= 4 is 0 Å². The van der Waals surface area contributed by atoms with Gasteiger partial charge in [-0.15, -0.1) is 6.58 Å². The third-order valence-corrected chi connectivity index (χ3v) is 1.76. The topological polar surface area (TPSA) is 49.7 Å². The summed E-state index contributed by atoms with van der Waals surface area (Å²) in [6.07, 6.45) is 0.731. The molecule has 1 rings (SSSR count). The third-order valence-electron chi connectivity index (χ3n) is 1.76. The lowest BCUT2D eigenvalue weighted by molar-refractivity contribution is 0.296. The summed E-state index contributed by atoms with van der Waals surface area (Å²) >= 11 is 0. The van der Waals surface area contributed by atoms with Gasteiger partial charge in [0.05, 0.1) is 6.61 Å². The molecule has 0 amide bonds. The summed E-state index contributed by atoms with van der Waals surface area (Å²) < 4.78 is 5.26. The molecule has 76 valence electrons. The van der Waals surface area contributed by atoms with Gasteiger partial charge in [0.1, 0.15) is 0 Å². The van der Waals surface area contributed by atoms with Crippen LogP contribution in [0.3, 0.4) is 0 Å². The van der Waals surface area contributed by atoms with Crippen LogP contribution in [0.4, 0.5) is 0 Å². The lowest BCUT2D eigenvalue weighted by Gasteiger charge is -2.08. The third kappa shape index (κ3) is 2.69. The zero-order chi connectivity index (χ0) is 10.6. The molecular formula is C11H14O3. The van der Waals surface area contributed by atoms with Gasteiger partial charge in [-0.25, -0.2) is 0 Å². The Morgan fingerprint density at radius 2 is 2.14 bits per heavy atom. The highest BCUT2D eigenvalue weighted by Gasteiger charge is 2.05. The number of hydrogen-bond acceptors (Lipinski definition) is 3. The summed E-state index contributed by atoms with van der Waals surface area (Å²) in [6.45, 7) is 6.09. The summed E-state index contributed by atoms with van der Waals surface area (Å²) in [7, 11) is 0. The summed E-state index contributed by atoms with van der Waals surface area (Å²) in [6, 6.07) is 4.62. The van der Waals surface area contributed by atoms with E-state index in [2.05, 4.69) is 6.58 Å². The Kier molecular flexibility index (Phi) is 3.40. The lowest BCUT2D eigenvalue weighted by atomic mass is 10.2. The maximum Gasteiger partial charge on any atom is 0.200 e. The van der Waals surface area contributed by atoms with Gasteiger partial charge in [0.2, 0.25) is 5.75 Å². The monoisotopic (exact) mass is 194 g/mol. The predicted molar refractivity (Wildman–Crippen MR) is 54.7 cm³/mol. The van der Waals surface area contributed by atoms with Crippen LogP contribution in [0, 0.1) is 0 Å². The maximum absolute atomic E-state index is 9.37. The van der Waals surface area contributed by atoms with Gasteiger partial charge in [-0.2, -0.15) is 0 Å². The molecule has 0 aromatic heterocycles. The van der Waals surface area contributed by atoms with Gasteiger partial charge in [-0.3, -0.25) is 0 Å². The molecule has 3 nitrogen and oxygen atoms in total. The van der Waals surface area contributed by atoms with Crippen molar-refractivity contribution in [2.24, 2.45) is 0 Å². The fourth-order valence-electron chi connectivity index (χ4n) is 0.962. The smallest absolute Gasteiger partial charge is 0.200 e. The SMILES string of the molecule is C=C(C)CCOc1cccc(O)c1O. The quantitative estimate of drug-likeness (QED) is 0.571. The highest BCUT2D eigenvalue weighted by atomic mass is 16.5. The largest absolute Gasteiger partial charge is 0.504 e. The number of hydrogen-bond donors (Lipinski definition) is 2. The van der Waals surface area contributed by atoms with Crippen LogP contribution in [0.25, 0.3) is 0 Å². The van der Waals surface area contributed by atoms with Crippen molar-refractivity contribution in [2.75, 3.05) is 6.61 Å². The fourth-order valence-corrected chi connectivity index (χ4v) is 0.962. The van der Waals surface area contributed by atoms with Crippen molar-refractivity contribution in [1.82, 2.24) is 0 Å². The zero-order valence-corrected chi connectivity index (χ0v) is 8.16. The van der Waals surface area contributed by atoms with Crippen molar-refractivity contribution in [3.8, 4) is 17.2 Å². The molecule has 0 saturated carbocycles. The number of phenols is 2. The van der Waals surface area contributed by atoms with Crippen molar-refractivity contribution in [1.29, 1.82) is 0 Å². The number of benzene rings is 1. The molecule has 0 fully saturated rings. The molecular weight excluding hydrogens is 180 g/mol. The Bertz CT molecular complexity index is 331. The lowest BCUT2D eigenvalue weighted by Crippen LogP contribution is -1.97. The molecule has 0 bridgehead atoms. The molecule has 0 spiro atoms. The standard InChI is InChI=1S/C11H14O3/c1-8(2)6-7-14-10-5-3-4-9(12)11(10)13/h3-5,12-13H,1,6-7H2,2H3. The van der Waals surface area contributed by atoms with Gasteiger partial charge < -0.3 is 14.9 Å². The number of phenolic OH excluding ortho intramolecular Hbond substituents is 2. The first-order valence-electron chi connectivity index (χ1n) is 4.39. The molecule has 1 aromatic carbocycles. The highest BCUT2D eigenvalue weighted by Crippen LogP contribution is 2.34. The first kappa shape index (κ1) is 10.4. The van der Waals surface area contributed by atoms with E-state index in [9.17, 15) is 5.11 Å². The van der Waals surface area contributed by atoms with Crippen molar-refractivity contribution in [3.05, 3.63) is 30.4 Å². The molecule has 0 saturated heterocycles. The number of rotatable bonds is 4. The molecule has 1 aromatic rings. The van der Waals surface area contributed by atoms with Gasteiger partial charge in [0, 0.05) is 6.42 Å². The van der Waals surface area contributed by atoms with Crippen molar-refractivity contribution < 1.29 is 14.9 Å². The Hall–Kier alpha value is -1.64. The minimum Gasteiger partial charge on any atom is -0.504 e. The van der Waals surface area contributed by atoms with Crippen LogP contribution in [0.2, 0.25) is 0 Å². The van der Waals surface area contributed by atoms with Gasteiger partial charge in [-0.05, 0) is 19.1 Å². The van der Waals surface area contributed by atoms with Crippen LogP contribution in [0.15, 0.2) is 30.4 Å². The first-order chi connectivity index (χ1) is 6.61. The number of aromatic hydroxyl groups is 2. The highest BCUT2D eigenvalue weighted by molar-refractivity contribution is 5.48. The normalized spacial score (nSPS) is 9.79. The Morgan fingerprint density at radius 3 is 2.79 bits per heavy atom. The van der Waals surface area contributed by atoms with E-state index in [1.807, 2.05) is 6.92 Å². The second kappa shape index (κ2) is 4.56. The van der Waals surface area contributed by atoms with Gasteiger partial charge in [0.15, 0.2) is 11.5 Å². The summed E-state index contributed by atoms with van der Waals surface area (Å²) in [5, 5.41) is 18.5. The first-order valence-corrected chi connectivity index (χ1v) is 4.39. The molecule has 2 N–H and O–H groups in total. The predicted octanol–water partition coefficient (Wildman–Crippen LogP) is 2.44. The van der Waals surface area contributed by atoms with Gasteiger partial charge in [0.25, 0.3) is 0 Å². The van der Waals surface area contributed by atoms with Crippen LogP contribution in [-0.2, 0) is 0 Å². The minimum absolute atomic E-state index is 0.169.